The first-order valence-corrected chi connectivity index (χ1v) is 7.61. The number of unbranched alkanes of at least 4 members (excludes halogenated alkanes) is 3. The normalized spacial score (nSPS) is 10.6. The summed E-state index contributed by atoms with van der Waals surface area (Å²) in [6.45, 7) is 1.67. The summed E-state index contributed by atoms with van der Waals surface area (Å²) < 4.78 is 12.8. The van der Waals surface area contributed by atoms with Crippen molar-refractivity contribution in [1.82, 2.24) is 9.78 Å². The Morgan fingerprint density at radius 1 is 1.19 bits per heavy atom. The molecule has 0 amide bonds. The van der Waals surface area contributed by atoms with Gasteiger partial charge in [0.25, 0.3) is 0 Å². The largest absolute Gasteiger partial charge is 0.497 e. The van der Waals surface area contributed by atoms with Gasteiger partial charge in [-0.3, -0.25) is 4.68 Å². The first kappa shape index (κ1) is 15.7. The van der Waals surface area contributed by atoms with Gasteiger partial charge in [0.15, 0.2) is 0 Å². The van der Waals surface area contributed by atoms with Crippen LogP contribution in [0.3, 0.4) is 0 Å². The molecular formula is C16H21ClN2O2. The minimum Gasteiger partial charge on any atom is -0.497 e. The van der Waals surface area contributed by atoms with Gasteiger partial charge >= 0.3 is 0 Å². The summed E-state index contributed by atoms with van der Waals surface area (Å²) in [7, 11) is 1.62. The molecule has 0 radical (unpaired) electrons. The summed E-state index contributed by atoms with van der Waals surface area (Å²) in [5.74, 6) is 1.46. The summed E-state index contributed by atoms with van der Waals surface area (Å²) >= 11 is 6.11. The van der Waals surface area contributed by atoms with E-state index >= 15 is 0 Å². The molecular weight excluding hydrogens is 288 g/mol. The lowest BCUT2D eigenvalue weighted by Crippen LogP contribution is -2.00. The van der Waals surface area contributed by atoms with Crippen molar-refractivity contribution in [3.05, 3.63) is 41.7 Å². The highest BCUT2D eigenvalue weighted by Crippen LogP contribution is 2.28. The van der Waals surface area contributed by atoms with Crippen molar-refractivity contribution in [3.63, 3.8) is 0 Å². The summed E-state index contributed by atoms with van der Waals surface area (Å²) in [6, 6.07) is 7.41. The van der Waals surface area contributed by atoms with Crippen molar-refractivity contribution >= 4 is 11.6 Å². The van der Waals surface area contributed by atoms with E-state index in [-0.39, 0.29) is 0 Å². The third-order valence-corrected chi connectivity index (χ3v) is 3.53. The predicted octanol–water partition coefficient (Wildman–Crippen LogP) is 4.18. The van der Waals surface area contributed by atoms with E-state index in [4.69, 9.17) is 21.1 Å². The first-order valence-electron chi connectivity index (χ1n) is 7.23. The Hall–Kier alpha value is -1.68. The minimum absolute atomic E-state index is 0.591. The molecule has 0 aliphatic rings. The van der Waals surface area contributed by atoms with Crippen LogP contribution >= 0.6 is 11.6 Å². The summed E-state index contributed by atoms with van der Waals surface area (Å²) in [6.07, 6.45) is 8.31. The van der Waals surface area contributed by atoms with E-state index in [9.17, 15) is 0 Å². The molecule has 0 N–H and O–H groups in total. The average molecular weight is 309 g/mol. The molecule has 0 saturated heterocycles. The molecule has 1 aromatic heterocycles. The van der Waals surface area contributed by atoms with Crippen LogP contribution in [0.25, 0.3) is 0 Å². The van der Waals surface area contributed by atoms with Crippen LogP contribution in [0.1, 0.15) is 25.7 Å². The number of hydrogen-bond acceptors (Lipinski definition) is 3. The number of rotatable bonds is 9. The van der Waals surface area contributed by atoms with Crippen molar-refractivity contribution < 1.29 is 9.47 Å². The maximum Gasteiger partial charge on any atom is 0.138 e. The molecule has 1 aromatic carbocycles. The summed E-state index contributed by atoms with van der Waals surface area (Å²) in [5, 5.41) is 4.77. The van der Waals surface area contributed by atoms with Gasteiger partial charge < -0.3 is 9.47 Å². The van der Waals surface area contributed by atoms with Crippen molar-refractivity contribution in [1.29, 1.82) is 0 Å². The van der Waals surface area contributed by atoms with Crippen molar-refractivity contribution in [2.45, 2.75) is 32.2 Å². The minimum atomic E-state index is 0.591. The fraction of sp³-hybridized carbons (Fsp3) is 0.438. The van der Waals surface area contributed by atoms with Gasteiger partial charge in [-0.2, -0.15) is 5.10 Å². The summed E-state index contributed by atoms with van der Waals surface area (Å²) in [4.78, 5) is 0. The Balaban J connectivity index is 1.57. The van der Waals surface area contributed by atoms with Gasteiger partial charge in [-0.25, -0.2) is 0 Å². The zero-order chi connectivity index (χ0) is 14.9. The summed E-state index contributed by atoms with van der Waals surface area (Å²) in [5.41, 5.74) is 0. The lowest BCUT2D eigenvalue weighted by atomic mass is 10.2. The molecule has 1 heterocycles. The van der Waals surface area contributed by atoms with E-state index in [1.165, 1.54) is 6.42 Å². The number of halogens is 1. The Kier molecular flexibility index (Phi) is 6.41. The van der Waals surface area contributed by atoms with Crippen molar-refractivity contribution in [2.75, 3.05) is 13.7 Å². The predicted molar refractivity (Wildman–Crippen MR) is 84.2 cm³/mol. The van der Waals surface area contributed by atoms with Crippen LogP contribution in [0.15, 0.2) is 36.7 Å². The van der Waals surface area contributed by atoms with Gasteiger partial charge in [0.05, 0.1) is 18.7 Å². The van der Waals surface area contributed by atoms with Crippen LogP contribution in [-0.4, -0.2) is 23.5 Å². The number of nitrogens with zero attached hydrogens (tertiary/aromatic N) is 2. The molecule has 0 spiro atoms. The van der Waals surface area contributed by atoms with Gasteiger partial charge in [0, 0.05) is 25.0 Å². The second kappa shape index (κ2) is 8.57. The highest BCUT2D eigenvalue weighted by atomic mass is 35.5. The molecule has 0 saturated carbocycles. The van der Waals surface area contributed by atoms with E-state index in [2.05, 4.69) is 5.10 Å². The smallest absolute Gasteiger partial charge is 0.138 e. The zero-order valence-electron chi connectivity index (χ0n) is 12.3. The Bertz CT molecular complexity index is 529. The highest BCUT2D eigenvalue weighted by molar-refractivity contribution is 6.32. The van der Waals surface area contributed by atoms with E-state index < -0.39 is 0 Å². The van der Waals surface area contributed by atoms with E-state index in [1.807, 2.05) is 35.3 Å². The second-order valence-electron chi connectivity index (χ2n) is 4.83. The van der Waals surface area contributed by atoms with Crippen molar-refractivity contribution in [3.8, 4) is 11.5 Å². The number of hydrogen-bond donors (Lipinski definition) is 0. The quantitative estimate of drug-likeness (QED) is 0.652. The second-order valence-corrected chi connectivity index (χ2v) is 5.24. The molecule has 0 unspecified atom stereocenters. The SMILES string of the molecule is COc1ccc(OCCCCCCn2cccn2)c(Cl)c1. The van der Waals surface area contributed by atoms with E-state index in [1.54, 1.807) is 13.2 Å². The Morgan fingerprint density at radius 2 is 2.05 bits per heavy atom. The fourth-order valence-electron chi connectivity index (χ4n) is 2.07. The first-order chi connectivity index (χ1) is 10.3. The number of methoxy groups -OCH3 is 1. The molecule has 114 valence electrons. The Labute approximate surface area is 130 Å². The molecule has 2 rings (SSSR count). The number of benzene rings is 1. The van der Waals surface area contributed by atoms with E-state index in [0.717, 1.165) is 31.6 Å². The Morgan fingerprint density at radius 3 is 2.76 bits per heavy atom. The average Bonchev–Trinajstić information content (AvgIpc) is 3.01. The molecule has 21 heavy (non-hydrogen) atoms. The monoisotopic (exact) mass is 308 g/mol. The lowest BCUT2D eigenvalue weighted by molar-refractivity contribution is 0.303. The maximum atomic E-state index is 6.11. The van der Waals surface area contributed by atoms with E-state index in [0.29, 0.717) is 17.4 Å². The zero-order valence-corrected chi connectivity index (χ0v) is 13.1. The number of ether oxygens (including phenoxy) is 2. The molecule has 0 aliphatic heterocycles. The molecule has 5 heteroatoms. The number of aromatic nitrogens is 2. The maximum absolute atomic E-state index is 6.11. The van der Waals surface area contributed by atoms with Gasteiger partial charge in [-0.15, -0.1) is 0 Å². The van der Waals surface area contributed by atoms with Crippen LogP contribution in [0.4, 0.5) is 0 Å². The van der Waals surface area contributed by atoms with Crippen LogP contribution in [0, 0.1) is 0 Å². The van der Waals surface area contributed by atoms with Crippen LogP contribution in [0.5, 0.6) is 11.5 Å². The van der Waals surface area contributed by atoms with Crippen LogP contribution in [-0.2, 0) is 6.54 Å². The van der Waals surface area contributed by atoms with Crippen LogP contribution < -0.4 is 9.47 Å². The molecule has 2 aromatic rings. The molecule has 0 bridgehead atoms. The highest BCUT2D eigenvalue weighted by Gasteiger charge is 2.03. The molecule has 4 nitrogen and oxygen atoms in total. The third-order valence-electron chi connectivity index (χ3n) is 3.24. The molecule has 0 fully saturated rings. The van der Waals surface area contributed by atoms with Crippen LogP contribution in [0.2, 0.25) is 5.02 Å². The molecule has 0 aliphatic carbocycles. The third kappa shape index (κ3) is 5.31. The van der Waals surface area contributed by atoms with Gasteiger partial charge in [-0.05, 0) is 37.5 Å². The molecule has 0 atom stereocenters. The fourth-order valence-corrected chi connectivity index (χ4v) is 2.29. The standard InChI is InChI=1S/C16H21ClN2O2/c1-20-14-7-8-16(15(17)13-14)21-12-5-3-2-4-10-19-11-6-9-18-19/h6-9,11,13H,2-5,10,12H2,1H3. The topological polar surface area (TPSA) is 36.3 Å². The van der Waals surface area contributed by atoms with Gasteiger partial charge in [-0.1, -0.05) is 18.0 Å². The van der Waals surface area contributed by atoms with Gasteiger partial charge in [0.1, 0.15) is 11.5 Å². The van der Waals surface area contributed by atoms with Gasteiger partial charge in [0.2, 0.25) is 0 Å². The van der Waals surface area contributed by atoms with Crippen molar-refractivity contribution in [2.24, 2.45) is 0 Å². The number of aryl methyl sites for hydroxylation is 1. The lowest BCUT2D eigenvalue weighted by Gasteiger charge is -2.09.